The molecule has 0 aliphatic carbocycles. The molecule has 0 aliphatic rings. The molecule has 0 saturated carbocycles. The summed E-state index contributed by atoms with van der Waals surface area (Å²) < 4.78 is 22.3. The van der Waals surface area contributed by atoms with Crippen molar-refractivity contribution in [2.24, 2.45) is 0 Å². The topological polar surface area (TPSA) is 35.5 Å². The summed E-state index contributed by atoms with van der Waals surface area (Å²) in [6.45, 7) is -1.50. The molecule has 0 bridgehead atoms. The van der Waals surface area contributed by atoms with Crippen LogP contribution >= 0.6 is 41.4 Å². The number of hydrogen-bond acceptors (Lipinski definition) is 4. The lowest BCUT2D eigenvalue weighted by molar-refractivity contribution is 0.392. The van der Waals surface area contributed by atoms with Crippen LogP contribution < -0.4 is 4.52 Å². The maximum atomic E-state index is 12.3. The lowest BCUT2D eigenvalue weighted by atomic mass is 10.3. The third kappa shape index (κ3) is 4.66. The van der Waals surface area contributed by atoms with Gasteiger partial charge in [-0.1, -0.05) is 36.5 Å². The quantitative estimate of drug-likeness (QED) is 0.530. The summed E-state index contributed by atoms with van der Waals surface area (Å²) in [7, 11) is 0. The molecular weight excluding hydrogens is 314 g/mol. The molecule has 1 atom stereocenters. The largest absolute Gasteiger partial charge is 0.501 e. The Morgan fingerprint density at radius 2 is 2.22 bits per heavy atom. The van der Waals surface area contributed by atoms with Crippen molar-refractivity contribution in [2.75, 3.05) is 5.75 Å². The van der Waals surface area contributed by atoms with Crippen LogP contribution in [-0.4, -0.2) is 5.75 Å². The first-order chi connectivity index (χ1) is 8.50. The van der Waals surface area contributed by atoms with E-state index in [1.807, 2.05) is 13.0 Å². The third-order valence-electron chi connectivity index (χ3n) is 1.72. The molecule has 1 unspecified atom stereocenters. The van der Waals surface area contributed by atoms with E-state index in [-0.39, 0.29) is 10.8 Å². The second-order valence-corrected chi connectivity index (χ2v) is 8.04. The fraction of sp³-hybridized carbons (Fsp3) is 0.273. The van der Waals surface area contributed by atoms with Gasteiger partial charge < -0.3 is 9.05 Å². The zero-order chi connectivity index (χ0) is 13.6. The second kappa shape index (κ2) is 7.21. The predicted octanol–water partition coefficient (Wildman–Crippen LogP) is 5.23. The van der Waals surface area contributed by atoms with Gasteiger partial charge >= 0.3 is 6.80 Å². The van der Waals surface area contributed by atoms with E-state index in [0.29, 0.717) is 10.8 Å². The van der Waals surface area contributed by atoms with Gasteiger partial charge in [0, 0.05) is 10.8 Å². The summed E-state index contributed by atoms with van der Waals surface area (Å²) >= 11 is 12.7. The fourth-order valence-corrected chi connectivity index (χ4v) is 4.49. The Hall–Kier alpha value is -0.460. The van der Waals surface area contributed by atoms with Gasteiger partial charge in [0.05, 0.1) is 5.02 Å². The molecule has 98 valence electrons. The molecule has 0 aliphatic heterocycles. The van der Waals surface area contributed by atoms with Gasteiger partial charge in [0.1, 0.15) is 11.9 Å². The predicted molar refractivity (Wildman–Crippen MR) is 77.4 cm³/mol. The maximum Gasteiger partial charge on any atom is 0.501 e. The van der Waals surface area contributed by atoms with Crippen LogP contribution in [0.2, 0.25) is 10.0 Å². The number of rotatable bonds is 6. The van der Waals surface area contributed by atoms with E-state index in [4.69, 9.17) is 38.7 Å². The van der Waals surface area contributed by atoms with Crippen molar-refractivity contribution in [3.8, 4) is 18.3 Å². The minimum Gasteiger partial charge on any atom is -0.406 e. The van der Waals surface area contributed by atoms with Crippen molar-refractivity contribution >= 4 is 41.4 Å². The van der Waals surface area contributed by atoms with E-state index in [2.05, 4.69) is 0 Å². The zero-order valence-corrected chi connectivity index (χ0v) is 12.8. The molecule has 18 heavy (non-hydrogen) atoms. The van der Waals surface area contributed by atoms with Crippen molar-refractivity contribution < 1.29 is 13.6 Å². The Kier molecular flexibility index (Phi) is 6.25. The summed E-state index contributed by atoms with van der Waals surface area (Å²) in [4.78, 5) is 0. The summed E-state index contributed by atoms with van der Waals surface area (Å²) in [5.74, 6) is 0.827. The summed E-state index contributed by atoms with van der Waals surface area (Å²) in [5, 5.41) is 0.710. The molecule has 0 amide bonds. The van der Waals surface area contributed by atoms with Gasteiger partial charge in [-0.15, -0.1) is 0 Å². The monoisotopic (exact) mass is 324 g/mol. The average Bonchev–Trinajstić information content (AvgIpc) is 2.31. The molecule has 1 rings (SSSR count). The molecule has 0 saturated heterocycles. The summed E-state index contributed by atoms with van der Waals surface area (Å²) in [6, 6.07) is 4.58. The molecule has 0 N–H and O–H groups in total. The number of halogens is 2. The van der Waals surface area contributed by atoms with Gasteiger partial charge in [-0.2, -0.15) is 0 Å². The van der Waals surface area contributed by atoms with Crippen molar-refractivity contribution in [3.63, 3.8) is 0 Å². The van der Waals surface area contributed by atoms with Crippen LogP contribution in [0.25, 0.3) is 0 Å². The number of hydrogen-bond donors (Lipinski definition) is 0. The molecule has 7 heteroatoms. The van der Waals surface area contributed by atoms with Gasteiger partial charge in [-0.3, -0.25) is 0 Å². The van der Waals surface area contributed by atoms with Gasteiger partial charge in [0.25, 0.3) is 0 Å². The van der Waals surface area contributed by atoms with E-state index in [1.54, 1.807) is 6.07 Å². The Morgan fingerprint density at radius 1 is 1.50 bits per heavy atom. The van der Waals surface area contributed by atoms with Crippen LogP contribution in [0.5, 0.6) is 5.75 Å². The van der Waals surface area contributed by atoms with Gasteiger partial charge in [-0.25, -0.2) is 4.57 Å². The van der Waals surface area contributed by atoms with Gasteiger partial charge in [0.2, 0.25) is 0 Å². The van der Waals surface area contributed by atoms with Crippen LogP contribution in [0, 0.1) is 12.5 Å². The van der Waals surface area contributed by atoms with Crippen LogP contribution in [0.4, 0.5) is 0 Å². The Morgan fingerprint density at radius 3 is 2.78 bits per heavy atom. The zero-order valence-electron chi connectivity index (χ0n) is 9.56. The molecule has 3 nitrogen and oxygen atoms in total. The Balaban J connectivity index is 2.89. The van der Waals surface area contributed by atoms with Crippen LogP contribution in [0.3, 0.4) is 0 Å². The minimum absolute atomic E-state index is 0.225. The first kappa shape index (κ1) is 15.6. The Labute approximate surface area is 120 Å². The average molecular weight is 325 g/mol. The highest BCUT2D eigenvalue weighted by molar-refractivity contribution is 8.55. The molecule has 0 fully saturated rings. The lowest BCUT2D eigenvalue weighted by Gasteiger charge is -2.15. The highest BCUT2D eigenvalue weighted by atomic mass is 35.5. The maximum absolute atomic E-state index is 12.3. The molecule has 0 spiro atoms. The Bertz CT molecular complexity index is 502. The van der Waals surface area contributed by atoms with Crippen LogP contribution in [0.1, 0.15) is 13.3 Å². The van der Waals surface area contributed by atoms with Gasteiger partial charge in [0.15, 0.2) is 0 Å². The van der Waals surface area contributed by atoms with Crippen LogP contribution in [0.15, 0.2) is 18.2 Å². The van der Waals surface area contributed by atoms with Crippen LogP contribution in [-0.2, 0) is 9.09 Å². The second-order valence-electron chi connectivity index (χ2n) is 3.16. The smallest absolute Gasteiger partial charge is 0.406 e. The highest BCUT2D eigenvalue weighted by Gasteiger charge is 2.28. The minimum atomic E-state index is -3.45. The molecule has 0 radical (unpaired) electrons. The van der Waals surface area contributed by atoms with E-state index in [9.17, 15) is 4.57 Å². The SMILES string of the molecule is C#COP(=O)(Oc1ccc(Cl)cc1Cl)SCCC. The van der Waals surface area contributed by atoms with Gasteiger partial charge in [-0.05, 0) is 36.0 Å². The third-order valence-corrected chi connectivity index (χ3v) is 5.85. The van der Waals surface area contributed by atoms with Crippen molar-refractivity contribution in [1.29, 1.82) is 0 Å². The van der Waals surface area contributed by atoms with E-state index in [1.165, 1.54) is 12.1 Å². The molecule has 1 aromatic carbocycles. The first-order valence-corrected chi connectivity index (χ1v) is 8.93. The molecule has 1 aromatic rings. The van der Waals surface area contributed by atoms with E-state index >= 15 is 0 Å². The lowest BCUT2D eigenvalue weighted by Crippen LogP contribution is -1.93. The van der Waals surface area contributed by atoms with E-state index < -0.39 is 6.80 Å². The first-order valence-electron chi connectivity index (χ1n) is 5.04. The summed E-state index contributed by atoms with van der Waals surface area (Å²) in [5.41, 5.74) is 0. The molecule has 0 heterocycles. The fourth-order valence-electron chi connectivity index (χ4n) is 1.01. The number of terminal acetylenes is 1. The van der Waals surface area contributed by atoms with Crippen molar-refractivity contribution in [3.05, 3.63) is 28.2 Å². The molecular formula is C11H11Cl2O3PS. The highest BCUT2D eigenvalue weighted by Crippen LogP contribution is 2.60. The molecule has 0 aromatic heterocycles. The number of benzene rings is 1. The standard InChI is InChI=1S/C11H11Cl2O3PS/c1-3-7-18-17(14,15-4-2)16-11-6-5-9(12)8-10(11)13/h2,5-6,8H,3,7H2,1H3. The van der Waals surface area contributed by atoms with Crippen molar-refractivity contribution in [2.45, 2.75) is 13.3 Å². The van der Waals surface area contributed by atoms with Crippen molar-refractivity contribution in [1.82, 2.24) is 0 Å². The van der Waals surface area contributed by atoms with E-state index in [0.717, 1.165) is 17.8 Å². The normalized spacial score (nSPS) is 13.4. The summed E-state index contributed by atoms with van der Waals surface area (Å²) in [6.07, 6.45) is 7.72.